The Hall–Kier alpha value is -0.850. The Morgan fingerprint density at radius 2 is 2.00 bits per heavy atom. The Morgan fingerprint density at radius 1 is 1.29 bits per heavy atom. The van der Waals surface area contributed by atoms with Crippen molar-refractivity contribution >= 4 is 35.7 Å². The first-order valence-corrected chi connectivity index (χ1v) is 9.74. The minimum absolute atomic E-state index is 0.171. The number of halogens is 2. The van der Waals surface area contributed by atoms with Crippen LogP contribution < -0.4 is 0 Å². The molecule has 1 heterocycles. The summed E-state index contributed by atoms with van der Waals surface area (Å²) in [6, 6.07) is 7.85. The fraction of sp³-hybridized carbons (Fsp3) is 0.357. The van der Waals surface area contributed by atoms with Crippen LogP contribution in [0, 0.1) is 0 Å². The minimum Gasteiger partial charge on any atom is -0.263 e. The zero-order chi connectivity index (χ0) is 15.6. The maximum absolute atomic E-state index is 11.8. The summed E-state index contributed by atoms with van der Waals surface area (Å²) >= 11 is 3.43. The molecule has 0 amide bonds. The molecule has 2 rings (SSSR count). The summed E-state index contributed by atoms with van der Waals surface area (Å²) in [4.78, 5) is 0.171. The monoisotopic (exact) mass is 390 g/mol. The predicted molar refractivity (Wildman–Crippen MR) is 87.3 cm³/mol. The van der Waals surface area contributed by atoms with Crippen LogP contribution in [0.5, 0.6) is 0 Å². The van der Waals surface area contributed by atoms with Gasteiger partial charge in [0.05, 0.1) is 17.9 Å². The third kappa shape index (κ3) is 3.67. The first-order valence-electron chi connectivity index (χ1n) is 6.64. The second-order valence-corrected chi connectivity index (χ2v) is 8.07. The standard InChI is InChI=1S/C14H16BrClN2O2S/c1-3-12-14(21(16,19)20)13(4-2)18(17-12)9-10-6-5-7-11(15)8-10/h5-8H,3-4,9H2,1-2H3. The average Bonchev–Trinajstić information content (AvgIpc) is 2.76. The first kappa shape index (κ1) is 16.5. The molecule has 0 aliphatic rings. The SMILES string of the molecule is CCc1nn(Cc2cccc(Br)c2)c(CC)c1S(=O)(=O)Cl. The van der Waals surface area contributed by atoms with E-state index in [1.807, 2.05) is 38.1 Å². The van der Waals surface area contributed by atoms with Gasteiger partial charge in [0, 0.05) is 15.2 Å². The number of aromatic nitrogens is 2. The lowest BCUT2D eigenvalue weighted by atomic mass is 10.2. The van der Waals surface area contributed by atoms with Gasteiger partial charge in [0.25, 0.3) is 9.05 Å². The van der Waals surface area contributed by atoms with Crippen molar-refractivity contribution in [2.24, 2.45) is 0 Å². The molecular weight excluding hydrogens is 376 g/mol. The molecule has 0 saturated heterocycles. The van der Waals surface area contributed by atoms with Crippen LogP contribution in [0.4, 0.5) is 0 Å². The molecule has 0 fully saturated rings. The second kappa shape index (κ2) is 6.50. The molecule has 0 saturated carbocycles. The maximum Gasteiger partial charge on any atom is 0.264 e. The number of hydrogen-bond acceptors (Lipinski definition) is 3. The molecule has 0 N–H and O–H groups in total. The number of benzene rings is 1. The van der Waals surface area contributed by atoms with E-state index < -0.39 is 9.05 Å². The predicted octanol–water partition coefficient (Wildman–Crippen LogP) is 3.75. The van der Waals surface area contributed by atoms with Crippen LogP contribution in [0.25, 0.3) is 0 Å². The normalized spacial score (nSPS) is 11.8. The molecule has 21 heavy (non-hydrogen) atoms. The van der Waals surface area contributed by atoms with Crippen LogP contribution in [0.1, 0.15) is 30.8 Å². The van der Waals surface area contributed by atoms with Crippen molar-refractivity contribution in [1.82, 2.24) is 9.78 Å². The van der Waals surface area contributed by atoms with Crippen molar-refractivity contribution in [3.05, 3.63) is 45.7 Å². The van der Waals surface area contributed by atoms with Crippen LogP contribution in [0.2, 0.25) is 0 Å². The van der Waals surface area contributed by atoms with Crippen molar-refractivity contribution in [2.75, 3.05) is 0 Å². The van der Waals surface area contributed by atoms with E-state index in [0.717, 1.165) is 10.0 Å². The molecule has 0 spiro atoms. The molecule has 0 aliphatic carbocycles. The van der Waals surface area contributed by atoms with Crippen LogP contribution in [-0.2, 0) is 28.4 Å². The highest BCUT2D eigenvalue weighted by Gasteiger charge is 2.25. The number of rotatable bonds is 5. The van der Waals surface area contributed by atoms with E-state index in [1.54, 1.807) is 4.68 Å². The fourth-order valence-electron chi connectivity index (χ4n) is 2.33. The van der Waals surface area contributed by atoms with Gasteiger partial charge in [0.2, 0.25) is 0 Å². The molecule has 1 aromatic carbocycles. The first-order chi connectivity index (χ1) is 9.86. The van der Waals surface area contributed by atoms with Crippen molar-refractivity contribution in [1.29, 1.82) is 0 Å². The summed E-state index contributed by atoms with van der Waals surface area (Å²) in [5.74, 6) is 0. The van der Waals surface area contributed by atoms with Crippen molar-refractivity contribution in [3.8, 4) is 0 Å². The van der Waals surface area contributed by atoms with Gasteiger partial charge in [-0.15, -0.1) is 0 Å². The number of hydrogen-bond donors (Lipinski definition) is 0. The summed E-state index contributed by atoms with van der Waals surface area (Å²) in [7, 11) is 1.79. The van der Waals surface area contributed by atoms with Crippen LogP contribution >= 0.6 is 26.6 Å². The lowest BCUT2D eigenvalue weighted by Gasteiger charge is -2.07. The van der Waals surface area contributed by atoms with E-state index in [9.17, 15) is 8.42 Å². The lowest BCUT2D eigenvalue weighted by Crippen LogP contribution is -2.07. The van der Waals surface area contributed by atoms with Gasteiger partial charge in [-0.3, -0.25) is 4.68 Å². The fourth-order valence-corrected chi connectivity index (χ4v) is 4.31. The van der Waals surface area contributed by atoms with Gasteiger partial charge in [0.15, 0.2) is 0 Å². The number of nitrogens with zero attached hydrogens (tertiary/aromatic N) is 2. The molecule has 7 heteroatoms. The molecule has 0 unspecified atom stereocenters. The molecule has 0 aliphatic heterocycles. The molecule has 0 bridgehead atoms. The third-order valence-electron chi connectivity index (χ3n) is 3.21. The van der Waals surface area contributed by atoms with Crippen LogP contribution in [0.15, 0.2) is 33.6 Å². The third-order valence-corrected chi connectivity index (χ3v) is 5.13. The lowest BCUT2D eigenvalue weighted by molar-refractivity contribution is 0.605. The molecule has 114 valence electrons. The Labute approximate surface area is 137 Å². The minimum atomic E-state index is -3.79. The van der Waals surface area contributed by atoms with Gasteiger partial charge in [-0.05, 0) is 30.5 Å². The number of aryl methyl sites for hydroxylation is 1. The highest BCUT2D eigenvalue weighted by Crippen LogP contribution is 2.26. The molecule has 2 aromatic rings. The Kier molecular flexibility index (Phi) is 5.11. The average molecular weight is 392 g/mol. The van der Waals surface area contributed by atoms with Gasteiger partial charge < -0.3 is 0 Å². The van der Waals surface area contributed by atoms with E-state index in [2.05, 4.69) is 21.0 Å². The smallest absolute Gasteiger partial charge is 0.263 e. The van der Waals surface area contributed by atoms with Gasteiger partial charge in [0.1, 0.15) is 4.90 Å². The van der Waals surface area contributed by atoms with Crippen molar-refractivity contribution < 1.29 is 8.42 Å². The van der Waals surface area contributed by atoms with Crippen LogP contribution in [0.3, 0.4) is 0 Å². The molecule has 0 atom stereocenters. The molecular formula is C14H16BrClN2O2S. The summed E-state index contributed by atoms with van der Waals surface area (Å²) in [6.07, 6.45) is 1.09. The maximum atomic E-state index is 11.8. The summed E-state index contributed by atoms with van der Waals surface area (Å²) in [5, 5.41) is 4.43. The van der Waals surface area contributed by atoms with E-state index in [1.165, 1.54) is 0 Å². The second-order valence-electron chi connectivity index (χ2n) is 4.66. The molecule has 4 nitrogen and oxygen atoms in total. The molecule has 1 aromatic heterocycles. The summed E-state index contributed by atoms with van der Waals surface area (Å²) in [6.45, 7) is 4.29. The van der Waals surface area contributed by atoms with Gasteiger partial charge >= 0.3 is 0 Å². The largest absolute Gasteiger partial charge is 0.264 e. The van der Waals surface area contributed by atoms with Gasteiger partial charge in [-0.25, -0.2) is 8.42 Å². The van der Waals surface area contributed by atoms with E-state index in [0.29, 0.717) is 30.8 Å². The van der Waals surface area contributed by atoms with Crippen molar-refractivity contribution in [3.63, 3.8) is 0 Å². The Bertz CT molecular complexity index is 756. The quantitative estimate of drug-likeness (QED) is 0.729. The zero-order valence-electron chi connectivity index (χ0n) is 11.8. The Morgan fingerprint density at radius 3 is 2.52 bits per heavy atom. The van der Waals surface area contributed by atoms with Gasteiger partial charge in [-0.1, -0.05) is 41.9 Å². The highest BCUT2D eigenvalue weighted by atomic mass is 79.9. The van der Waals surface area contributed by atoms with Crippen LogP contribution in [-0.4, -0.2) is 18.2 Å². The topological polar surface area (TPSA) is 52.0 Å². The van der Waals surface area contributed by atoms with Gasteiger partial charge in [-0.2, -0.15) is 5.10 Å². The van der Waals surface area contributed by atoms with Crippen molar-refractivity contribution in [2.45, 2.75) is 38.1 Å². The molecule has 0 radical (unpaired) electrons. The van der Waals surface area contributed by atoms with E-state index in [-0.39, 0.29) is 4.90 Å². The Balaban J connectivity index is 2.52. The zero-order valence-corrected chi connectivity index (χ0v) is 15.0. The van der Waals surface area contributed by atoms with E-state index >= 15 is 0 Å². The summed E-state index contributed by atoms with van der Waals surface area (Å²) < 4.78 is 26.3. The summed E-state index contributed by atoms with van der Waals surface area (Å²) in [5.41, 5.74) is 2.22. The van der Waals surface area contributed by atoms with E-state index in [4.69, 9.17) is 10.7 Å². The highest BCUT2D eigenvalue weighted by molar-refractivity contribution is 9.10.